The average molecular weight is 350 g/mol. The minimum absolute atomic E-state index is 0.0740. The molecule has 0 unspecified atom stereocenters. The van der Waals surface area contributed by atoms with Gasteiger partial charge in [-0.2, -0.15) is 0 Å². The zero-order valence-electron chi connectivity index (χ0n) is 16.2. The summed E-state index contributed by atoms with van der Waals surface area (Å²) in [5.41, 5.74) is 0. The number of carbonyl (C=O) groups is 2. The Labute approximate surface area is 152 Å². The molecule has 5 nitrogen and oxygen atoms in total. The molecule has 3 aliphatic rings. The molecule has 0 aromatic carbocycles. The predicted octanol–water partition coefficient (Wildman–Crippen LogP) is 2.12. The van der Waals surface area contributed by atoms with E-state index in [0.29, 0.717) is 11.8 Å². The summed E-state index contributed by atoms with van der Waals surface area (Å²) in [4.78, 5) is 29.2. The number of piperidine rings is 2. The molecule has 1 saturated carbocycles. The number of likely N-dealkylation sites (tertiary alicyclic amines) is 2. The number of nitrogens with zero attached hydrogens (tertiary/aromatic N) is 2. The van der Waals surface area contributed by atoms with Crippen molar-refractivity contribution in [2.45, 2.75) is 58.9 Å². The highest BCUT2D eigenvalue weighted by atomic mass is 16.2. The number of carbonyl (C=O) groups excluding carboxylic acids is 2. The Kier molecular flexibility index (Phi) is 6.03. The summed E-state index contributed by atoms with van der Waals surface area (Å²) in [6.07, 6.45) is 5.06. The zero-order chi connectivity index (χ0) is 18.0. The molecule has 2 heterocycles. The maximum absolute atomic E-state index is 12.6. The number of amides is 2. The van der Waals surface area contributed by atoms with Gasteiger partial charge >= 0.3 is 0 Å². The first kappa shape index (κ1) is 18.7. The smallest absolute Gasteiger partial charge is 0.225 e. The molecule has 1 aliphatic carbocycles. The summed E-state index contributed by atoms with van der Waals surface area (Å²) in [6.45, 7) is 11.5. The monoisotopic (exact) mass is 349 g/mol. The maximum Gasteiger partial charge on any atom is 0.225 e. The van der Waals surface area contributed by atoms with Crippen LogP contribution in [-0.4, -0.2) is 60.4 Å². The van der Waals surface area contributed by atoms with Gasteiger partial charge in [-0.25, -0.2) is 0 Å². The summed E-state index contributed by atoms with van der Waals surface area (Å²) in [6, 6.07) is 0.191. The Morgan fingerprint density at radius 2 is 1.60 bits per heavy atom. The van der Waals surface area contributed by atoms with Gasteiger partial charge in [-0.3, -0.25) is 9.59 Å². The minimum atomic E-state index is 0.0740. The maximum atomic E-state index is 12.6. The van der Waals surface area contributed by atoms with Crippen molar-refractivity contribution in [3.63, 3.8) is 0 Å². The topological polar surface area (TPSA) is 52.7 Å². The second-order valence-electron chi connectivity index (χ2n) is 8.95. The van der Waals surface area contributed by atoms with Crippen molar-refractivity contribution in [3.8, 4) is 0 Å². The van der Waals surface area contributed by atoms with Crippen LogP contribution in [-0.2, 0) is 9.59 Å². The quantitative estimate of drug-likeness (QED) is 0.827. The first-order valence-corrected chi connectivity index (χ1v) is 10.2. The van der Waals surface area contributed by atoms with Gasteiger partial charge < -0.3 is 15.1 Å². The number of hydrogen-bond acceptors (Lipinski definition) is 3. The van der Waals surface area contributed by atoms with Gasteiger partial charge in [0.25, 0.3) is 0 Å². The fraction of sp³-hybridized carbons (Fsp3) is 0.900. The molecular weight excluding hydrogens is 314 g/mol. The molecule has 0 spiro atoms. The molecule has 2 amide bonds. The van der Waals surface area contributed by atoms with E-state index in [-0.39, 0.29) is 17.9 Å². The van der Waals surface area contributed by atoms with Crippen LogP contribution in [0.5, 0.6) is 0 Å². The van der Waals surface area contributed by atoms with Gasteiger partial charge in [-0.1, -0.05) is 13.8 Å². The van der Waals surface area contributed by atoms with E-state index in [1.165, 1.54) is 6.42 Å². The lowest BCUT2D eigenvalue weighted by molar-refractivity contribution is -0.136. The average Bonchev–Trinajstić information content (AvgIpc) is 3.38. The van der Waals surface area contributed by atoms with Gasteiger partial charge in [-0.05, 0) is 50.9 Å². The molecule has 3 atom stereocenters. The normalized spacial score (nSPS) is 30.1. The fourth-order valence-electron chi connectivity index (χ4n) is 4.69. The van der Waals surface area contributed by atoms with Crippen LogP contribution < -0.4 is 5.32 Å². The molecule has 142 valence electrons. The van der Waals surface area contributed by atoms with E-state index in [1.807, 2.05) is 4.90 Å². The fourth-order valence-corrected chi connectivity index (χ4v) is 4.69. The van der Waals surface area contributed by atoms with Gasteiger partial charge in [0, 0.05) is 50.6 Å². The Morgan fingerprint density at radius 3 is 2.16 bits per heavy atom. The van der Waals surface area contributed by atoms with Gasteiger partial charge in [-0.15, -0.1) is 0 Å². The van der Waals surface area contributed by atoms with Gasteiger partial charge in [0.2, 0.25) is 11.8 Å². The van der Waals surface area contributed by atoms with E-state index in [2.05, 4.69) is 31.0 Å². The number of hydrogen-bond donors (Lipinski definition) is 1. The SMILES string of the molecule is C[C@@H]1C[C@@H](C)CN(C[C@@H](C)NC(=O)C2CCN(C(=O)C3CC3)CC2)C1. The Bertz CT molecular complexity index is 473. The Morgan fingerprint density at radius 1 is 1.00 bits per heavy atom. The standard InChI is InChI=1S/C20H35N3O2/c1-14-10-15(2)12-22(11-14)13-16(3)21-19(24)17-6-8-23(9-7-17)20(25)18-4-5-18/h14-18H,4-13H2,1-3H3,(H,21,24)/t14-,15-,16-/m1/s1. The molecule has 3 fully saturated rings. The highest BCUT2D eigenvalue weighted by Gasteiger charge is 2.36. The molecule has 25 heavy (non-hydrogen) atoms. The highest BCUT2D eigenvalue weighted by Crippen LogP contribution is 2.32. The van der Waals surface area contributed by atoms with Crippen molar-refractivity contribution < 1.29 is 9.59 Å². The molecule has 1 N–H and O–H groups in total. The molecule has 0 bridgehead atoms. The third-order valence-electron chi connectivity index (χ3n) is 5.97. The van der Waals surface area contributed by atoms with Crippen molar-refractivity contribution in [1.29, 1.82) is 0 Å². The first-order valence-electron chi connectivity index (χ1n) is 10.2. The largest absolute Gasteiger partial charge is 0.352 e. The van der Waals surface area contributed by atoms with Crippen molar-refractivity contribution in [3.05, 3.63) is 0 Å². The lowest BCUT2D eigenvalue weighted by Crippen LogP contribution is -2.49. The minimum Gasteiger partial charge on any atom is -0.352 e. The van der Waals surface area contributed by atoms with Gasteiger partial charge in [0.15, 0.2) is 0 Å². The summed E-state index contributed by atoms with van der Waals surface area (Å²) in [7, 11) is 0. The van der Waals surface area contributed by atoms with Crippen molar-refractivity contribution in [2.24, 2.45) is 23.7 Å². The van der Waals surface area contributed by atoms with Crippen LogP contribution >= 0.6 is 0 Å². The molecule has 3 rings (SSSR count). The summed E-state index contributed by atoms with van der Waals surface area (Å²) < 4.78 is 0. The third-order valence-corrected chi connectivity index (χ3v) is 5.97. The first-order chi connectivity index (χ1) is 11.9. The van der Waals surface area contributed by atoms with Crippen LogP contribution in [0.1, 0.15) is 52.9 Å². The second kappa shape index (κ2) is 8.07. The molecular formula is C20H35N3O2. The molecule has 2 aliphatic heterocycles. The highest BCUT2D eigenvalue weighted by molar-refractivity contribution is 5.82. The van der Waals surface area contributed by atoms with E-state index in [0.717, 1.165) is 70.2 Å². The second-order valence-corrected chi connectivity index (χ2v) is 8.95. The van der Waals surface area contributed by atoms with Crippen LogP contribution in [0.15, 0.2) is 0 Å². The Hall–Kier alpha value is -1.10. The lowest BCUT2D eigenvalue weighted by atomic mass is 9.91. The van der Waals surface area contributed by atoms with Crippen LogP contribution in [0.2, 0.25) is 0 Å². The summed E-state index contributed by atoms with van der Waals surface area (Å²) >= 11 is 0. The molecule has 0 aromatic heterocycles. The van der Waals surface area contributed by atoms with E-state index in [9.17, 15) is 9.59 Å². The van der Waals surface area contributed by atoms with Crippen molar-refractivity contribution in [1.82, 2.24) is 15.1 Å². The number of nitrogens with one attached hydrogen (secondary N) is 1. The van der Waals surface area contributed by atoms with Gasteiger partial charge in [0.05, 0.1) is 0 Å². The van der Waals surface area contributed by atoms with Crippen LogP contribution in [0.4, 0.5) is 0 Å². The molecule has 5 heteroatoms. The van der Waals surface area contributed by atoms with Crippen molar-refractivity contribution >= 4 is 11.8 Å². The summed E-state index contributed by atoms with van der Waals surface area (Å²) in [5, 5.41) is 3.22. The summed E-state index contributed by atoms with van der Waals surface area (Å²) in [5.74, 6) is 2.37. The molecule has 0 aromatic rings. The van der Waals surface area contributed by atoms with E-state index >= 15 is 0 Å². The van der Waals surface area contributed by atoms with Crippen molar-refractivity contribution in [2.75, 3.05) is 32.7 Å². The van der Waals surface area contributed by atoms with Crippen LogP contribution in [0.25, 0.3) is 0 Å². The van der Waals surface area contributed by atoms with E-state index < -0.39 is 0 Å². The molecule has 2 saturated heterocycles. The predicted molar refractivity (Wildman–Crippen MR) is 99.0 cm³/mol. The van der Waals surface area contributed by atoms with E-state index in [1.54, 1.807) is 0 Å². The van der Waals surface area contributed by atoms with Gasteiger partial charge in [0.1, 0.15) is 0 Å². The Balaban J connectivity index is 1.39. The van der Waals surface area contributed by atoms with E-state index in [4.69, 9.17) is 0 Å². The zero-order valence-corrected chi connectivity index (χ0v) is 16.2. The lowest BCUT2D eigenvalue weighted by Gasteiger charge is -2.37. The van der Waals surface area contributed by atoms with Crippen LogP contribution in [0.3, 0.4) is 0 Å². The number of rotatable bonds is 5. The molecule has 0 radical (unpaired) electrons. The third kappa shape index (κ3) is 5.19. The van der Waals surface area contributed by atoms with Crippen LogP contribution in [0, 0.1) is 23.7 Å².